The molecule has 0 fully saturated rings. The van der Waals surface area contributed by atoms with Gasteiger partial charge in [0, 0.05) is 24.1 Å². The number of hydrogen-bond donors (Lipinski definition) is 2. The highest BCUT2D eigenvalue weighted by Crippen LogP contribution is 2.08. The number of anilines is 1. The van der Waals surface area contributed by atoms with Gasteiger partial charge in [-0.1, -0.05) is 30.3 Å². The SMILES string of the molecule is O=C(CCNS(=O)(=O)C=Cc1ccccc1)Nc1ccc(F)cc1. The summed E-state index contributed by atoms with van der Waals surface area (Å²) >= 11 is 0. The van der Waals surface area contributed by atoms with Crippen molar-refractivity contribution in [1.82, 2.24) is 4.72 Å². The van der Waals surface area contributed by atoms with Crippen LogP contribution in [-0.2, 0) is 14.8 Å². The van der Waals surface area contributed by atoms with Gasteiger partial charge in [0.1, 0.15) is 5.82 Å². The quantitative estimate of drug-likeness (QED) is 0.808. The number of carbonyl (C=O) groups excluding carboxylic acids is 1. The van der Waals surface area contributed by atoms with Gasteiger partial charge in [-0.25, -0.2) is 17.5 Å². The summed E-state index contributed by atoms with van der Waals surface area (Å²) in [7, 11) is -3.61. The van der Waals surface area contributed by atoms with Crippen LogP contribution in [0.2, 0.25) is 0 Å². The van der Waals surface area contributed by atoms with E-state index in [0.717, 1.165) is 11.0 Å². The Kier molecular flexibility index (Phi) is 6.22. The third-order valence-electron chi connectivity index (χ3n) is 3.02. The molecule has 24 heavy (non-hydrogen) atoms. The van der Waals surface area contributed by atoms with Crippen molar-refractivity contribution in [1.29, 1.82) is 0 Å². The van der Waals surface area contributed by atoms with Crippen molar-refractivity contribution >= 4 is 27.7 Å². The lowest BCUT2D eigenvalue weighted by molar-refractivity contribution is -0.116. The Balaban J connectivity index is 1.79. The molecule has 0 heterocycles. The molecular formula is C17H17FN2O3S. The van der Waals surface area contributed by atoms with E-state index in [0.29, 0.717) is 5.69 Å². The van der Waals surface area contributed by atoms with Crippen molar-refractivity contribution in [3.05, 3.63) is 71.4 Å². The zero-order valence-corrected chi connectivity index (χ0v) is 13.6. The molecule has 2 rings (SSSR count). The molecule has 0 saturated carbocycles. The molecule has 1 amide bonds. The normalized spacial score (nSPS) is 11.5. The number of sulfonamides is 1. The predicted molar refractivity (Wildman–Crippen MR) is 92.0 cm³/mol. The molecule has 5 nitrogen and oxygen atoms in total. The van der Waals surface area contributed by atoms with Gasteiger partial charge < -0.3 is 5.32 Å². The highest BCUT2D eigenvalue weighted by molar-refractivity contribution is 7.92. The largest absolute Gasteiger partial charge is 0.326 e. The van der Waals surface area contributed by atoms with E-state index in [1.807, 2.05) is 6.07 Å². The van der Waals surface area contributed by atoms with Crippen molar-refractivity contribution in [2.75, 3.05) is 11.9 Å². The second kappa shape index (κ2) is 8.37. The third-order valence-corrected chi connectivity index (χ3v) is 4.12. The Bertz CT molecular complexity index is 803. The summed E-state index contributed by atoms with van der Waals surface area (Å²) in [5.41, 5.74) is 1.21. The number of nitrogens with one attached hydrogen (secondary N) is 2. The molecule has 0 unspecified atom stereocenters. The minimum Gasteiger partial charge on any atom is -0.326 e. The Morgan fingerprint density at radius 2 is 1.71 bits per heavy atom. The molecule has 7 heteroatoms. The summed E-state index contributed by atoms with van der Waals surface area (Å²) < 4.78 is 38.7. The van der Waals surface area contributed by atoms with Crippen molar-refractivity contribution in [3.8, 4) is 0 Å². The summed E-state index contributed by atoms with van der Waals surface area (Å²) in [5, 5.41) is 3.61. The lowest BCUT2D eigenvalue weighted by atomic mass is 10.2. The molecule has 2 aromatic carbocycles. The highest BCUT2D eigenvalue weighted by atomic mass is 32.2. The second-order valence-corrected chi connectivity index (χ2v) is 6.61. The van der Waals surface area contributed by atoms with E-state index >= 15 is 0 Å². The minimum absolute atomic E-state index is 0.0320. The van der Waals surface area contributed by atoms with Gasteiger partial charge >= 0.3 is 0 Å². The molecule has 0 bridgehead atoms. The highest BCUT2D eigenvalue weighted by Gasteiger charge is 2.07. The molecule has 2 aromatic rings. The molecular weight excluding hydrogens is 331 g/mol. The summed E-state index contributed by atoms with van der Waals surface area (Å²) in [4.78, 5) is 11.7. The van der Waals surface area contributed by atoms with Gasteiger partial charge in [-0.05, 0) is 35.9 Å². The molecule has 0 aromatic heterocycles. The molecule has 0 aliphatic heterocycles. The van der Waals surface area contributed by atoms with Gasteiger partial charge in [0.05, 0.1) is 0 Å². The Morgan fingerprint density at radius 3 is 2.38 bits per heavy atom. The van der Waals surface area contributed by atoms with Gasteiger partial charge in [0.2, 0.25) is 15.9 Å². The van der Waals surface area contributed by atoms with Gasteiger partial charge in [-0.15, -0.1) is 0 Å². The molecule has 0 aliphatic carbocycles. The minimum atomic E-state index is -3.61. The Morgan fingerprint density at radius 1 is 1.04 bits per heavy atom. The van der Waals surface area contributed by atoms with E-state index < -0.39 is 15.8 Å². The first kappa shape index (κ1) is 17.8. The van der Waals surface area contributed by atoms with Crippen LogP contribution >= 0.6 is 0 Å². The first-order valence-corrected chi connectivity index (χ1v) is 8.77. The second-order valence-electron chi connectivity index (χ2n) is 4.96. The van der Waals surface area contributed by atoms with Crippen LogP contribution in [0, 0.1) is 5.82 Å². The zero-order chi connectivity index (χ0) is 17.4. The molecule has 126 valence electrons. The fourth-order valence-corrected chi connectivity index (χ4v) is 2.66. The maximum Gasteiger partial charge on any atom is 0.233 e. The fourth-order valence-electron chi connectivity index (χ4n) is 1.84. The van der Waals surface area contributed by atoms with E-state index in [9.17, 15) is 17.6 Å². The van der Waals surface area contributed by atoms with Gasteiger partial charge in [0.25, 0.3) is 0 Å². The summed E-state index contributed by atoms with van der Waals surface area (Å²) in [6.45, 7) is -0.0332. The van der Waals surface area contributed by atoms with Crippen LogP contribution < -0.4 is 10.0 Å². The molecule has 2 N–H and O–H groups in total. The molecule has 0 saturated heterocycles. The average molecular weight is 348 g/mol. The number of halogens is 1. The predicted octanol–water partition coefficient (Wildman–Crippen LogP) is 2.74. The van der Waals surface area contributed by atoms with Crippen LogP contribution in [0.5, 0.6) is 0 Å². The number of hydrogen-bond acceptors (Lipinski definition) is 3. The van der Waals surface area contributed by atoms with Crippen LogP contribution in [-0.4, -0.2) is 20.9 Å². The summed E-state index contributed by atoms with van der Waals surface area (Å²) in [6.07, 6.45) is 1.44. The monoisotopic (exact) mass is 348 g/mol. The molecule has 0 radical (unpaired) electrons. The van der Waals surface area contributed by atoms with Crippen LogP contribution in [0.1, 0.15) is 12.0 Å². The maximum absolute atomic E-state index is 12.8. The van der Waals surface area contributed by atoms with Crippen LogP contribution in [0.25, 0.3) is 6.08 Å². The van der Waals surface area contributed by atoms with Gasteiger partial charge in [-0.3, -0.25) is 4.79 Å². The van der Waals surface area contributed by atoms with Gasteiger partial charge in [0.15, 0.2) is 0 Å². The van der Waals surface area contributed by atoms with Crippen molar-refractivity contribution in [3.63, 3.8) is 0 Å². The lowest BCUT2D eigenvalue weighted by Gasteiger charge is -2.05. The maximum atomic E-state index is 12.8. The number of rotatable bonds is 7. The standard InChI is InChI=1S/C17H17FN2O3S/c18-15-6-8-16(9-7-15)20-17(21)10-12-19-24(22,23)13-11-14-4-2-1-3-5-14/h1-9,11,13,19H,10,12H2,(H,20,21). The zero-order valence-electron chi connectivity index (χ0n) is 12.8. The fraction of sp³-hybridized carbons (Fsp3) is 0.118. The van der Waals surface area contributed by atoms with Crippen LogP contribution in [0.4, 0.5) is 10.1 Å². The number of amides is 1. The molecule has 0 atom stereocenters. The Labute approximate surface area is 140 Å². The van der Waals surface area contributed by atoms with Crippen LogP contribution in [0.3, 0.4) is 0 Å². The average Bonchev–Trinajstić information content (AvgIpc) is 2.56. The topological polar surface area (TPSA) is 75.3 Å². The number of carbonyl (C=O) groups is 1. The van der Waals surface area contributed by atoms with E-state index in [-0.39, 0.29) is 18.9 Å². The van der Waals surface area contributed by atoms with Gasteiger partial charge in [-0.2, -0.15) is 0 Å². The van der Waals surface area contributed by atoms with E-state index in [1.165, 1.54) is 30.3 Å². The van der Waals surface area contributed by atoms with E-state index in [1.54, 1.807) is 24.3 Å². The van der Waals surface area contributed by atoms with Crippen molar-refractivity contribution < 1.29 is 17.6 Å². The summed E-state index contributed by atoms with van der Waals surface area (Å²) in [6, 6.07) is 14.3. The smallest absolute Gasteiger partial charge is 0.233 e. The number of benzene rings is 2. The van der Waals surface area contributed by atoms with Crippen molar-refractivity contribution in [2.24, 2.45) is 0 Å². The molecule has 0 spiro atoms. The summed E-state index contributed by atoms with van der Waals surface area (Å²) in [5.74, 6) is -0.762. The first-order chi connectivity index (χ1) is 11.4. The third kappa shape index (κ3) is 6.31. The molecule has 0 aliphatic rings. The first-order valence-electron chi connectivity index (χ1n) is 7.23. The lowest BCUT2D eigenvalue weighted by Crippen LogP contribution is -2.26. The van der Waals surface area contributed by atoms with Crippen LogP contribution in [0.15, 0.2) is 60.0 Å². The van der Waals surface area contributed by atoms with Crippen molar-refractivity contribution in [2.45, 2.75) is 6.42 Å². The Hall–Kier alpha value is -2.51. The van der Waals surface area contributed by atoms with E-state index in [2.05, 4.69) is 10.0 Å². The van der Waals surface area contributed by atoms with E-state index in [4.69, 9.17) is 0 Å².